The predicted octanol–water partition coefficient (Wildman–Crippen LogP) is 3.81. The van der Waals surface area contributed by atoms with E-state index in [1.54, 1.807) is 0 Å². The maximum Gasteiger partial charge on any atom is 0.0462 e. The van der Waals surface area contributed by atoms with E-state index >= 15 is 0 Å². The zero-order valence-electron chi connectivity index (χ0n) is 8.98. The van der Waals surface area contributed by atoms with Gasteiger partial charge in [0.25, 0.3) is 0 Å². The third kappa shape index (κ3) is 1.61. The Morgan fingerprint density at radius 1 is 1.00 bits per heavy atom. The normalized spacial score (nSPS) is 13.5. The van der Waals surface area contributed by atoms with Crippen LogP contribution in [0, 0.1) is 0 Å². The Morgan fingerprint density at radius 3 is 2.75 bits per heavy atom. The summed E-state index contributed by atoms with van der Waals surface area (Å²) >= 11 is 0. The molecule has 0 fully saturated rings. The van der Waals surface area contributed by atoms with Crippen LogP contribution in [0.1, 0.15) is 11.3 Å². The van der Waals surface area contributed by atoms with E-state index < -0.39 is 0 Å². The van der Waals surface area contributed by atoms with Crippen LogP contribution >= 0.6 is 0 Å². The van der Waals surface area contributed by atoms with E-state index in [4.69, 9.17) is 0 Å². The van der Waals surface area contributed by atoms with Gasteiger partial charge in [0.05, 0.1) is 0 Å². The molecule has 1 aliphatic carbocycles. The fraction of sp³-hybridized carbons (Fsp3) is 0.0667. The van der Waals surface area contributed by atoms with Crippen LogP contribution in [0.25, 0.3) is 17.3 Å². The molecule has 1 aromatic heterocycles. The number of hydrogen-bond donors (Lipinski definition) is 1. The van der Waals surface area contributed by atoms with Crippen LogP contribution in [0.3, 0.4) is 0 Å². The van der Waals surface area contributed by atoms with Gasteiger partial charge in [-0.3, -0.25) is 0 Å². The summed E-state index contributed by atoms with van der Waals surface area (Å²) in [6.07, 6.45) is 9.50. The number of benzene rings is 1. The van der Waals surface area contributed by atoms with Gasteiger partial charge in [0.2, 0.25) is 0 Å². The maximum absolute atomic E-state index is 3.49. The summed E-state index contributed by atoms with van der Waals surface area (Å²) in [7, 11) is 0. The minimum Gasteiger partial charge on any atom is -0.358 e. The average Bonchev–Trinajstić information content (AvgIpc) is 2.62. The van der Waals surface area contributed by atoms with Crippen LogP contribution in [-0.4, -0.2) is 4.98 Å². The van der Waals surface area contributed by atoms with Crippen molar-refractivity contribution in [2.75, 3.05) is 0 Å². The molecule has 1 heterocycles. The molecule has 0 saturated carbocycles. The fourth-order valence-corrected chi connectivity index (χ4v) is 2.03. The summed E-state index contributed by atoms with van der Waals surface area (Å²) in [4.78, 5) is 3.49. The van der Waals surface area contributed by atoms with Gasteiger partial charge >= 0.3 is 0 Å². The first-order valence-electron chi connectivity index (χ1n) is 5.54. The summed E-state index contributed by atoms with van der Waals surface area (Å²) in [6.45, 7) is 0. The van der Waals surface area contributed by atoms with Gasteiger partial charge in [-0.05, 0) is 17.2 Å². The van der Waals surface area contributed by atoms with Crippen LogP contribution in [-0.2, 0) is 6.42 Å². The third-order valence-electron chi connectivity index (χ3n) is 2.86. The summed E-state index contributed by atoms with van der Waals surface area (Å²) in [5.74, 6) is 0. The van der Waals surface area contributed by atoms with Gasteiger partial charge in [-0.25, -0.2) is 0 Å². The molecule has 0 atom stereocenters. The monoisotopic (exact) mass is 207 g/mol. The Balaban J connectivity index is 2.06. The van der Waals surface area contributed by atoms with E-state index in [-0.39, 0.29) is 0 Å². The quantitative estimate of drug-likeness (QED) is 0.732. The van der Waals surface area contributed by atoms with Crippen molar-refractivity contribution in [3.8, 4) is 11.3 Å². The summed E-state index contributed by atoms with van der Waals surface area (Å²) in [6, 6.07) is 12.7. The molecule has 1 N–H and O–H groups in total. The molecule has 16 heavy (non-hydrogen) atoms. The van der Waals surface area contributed by atoms with Gasteiger partial charge < -0.3 is 4.98 Å². The van der Waals surface area contributed by atoms with Crippen LogP contribution in [0.15, 0.2) is 54.6 Å². The van der Waals surface area contributed by atoms with E-state index in [1.807, 2.05) is 6.07 Å². The smallest absolute Gasteiger partial charge is 0.0462 e. The molecule has 0 radical (unpaired) electrons. The Kier molecular flexibility index (Phi) is 2.22. The number of H-pyrrole nitrogens is 1. The number of nitrogens with one attached hydrogen (secondary N) is 1. The Labute approximate surface area is 95.1 Å². The average molecular weight is 207 g/mol. The number of fused-ring (bicyclic) bond motifs is 1. The molecule has 2 aromatic rings. The molecule has 1 nitrogen and oxygen atoms in total. The van der Waals surface area contributed by atoms with Crippen molar-refractivity contribution in [2.24, 2.45) is 0 Å². The molecule has 0 unspecified atom stereocenters. The van der Waals surface area contributed by atoms with Crippen LogP contribution in [0.5, 0.6) is 0 Å². The molecule has 0 amide bonds. The fourth-order valence-electron chi connectivity index (χ4n) is 2.03. The molecule has 0 bridgehead atoms. The van der Waals surface area contributed by atoms with Crippen molar-refractivity contribution in [1.29, 1.82) is 0 Å². The molecular formula is C15H13N. The second kappa shape index (κ2) is 3.86. The Morgan fingerprint density at radius 2 is 1.88 bits per heavy atom. The molecule has 0 spiro atoms. The highest BCUT2D eigenvalue weighted by Gasteiger charge is 2.07. The Bertz CT molecular complexity index is 544. The number of hydrogen-bond acceptors (Lipinski definition) is 0. The molecule has 3 rings (SSSR count). The molecule has 1 heteroatoms. The summed E-state index contributed by atoms with van der Waals surface area (Å²) < 4.78 is 0. The van der Waals surface area contributed by atoms with Gasteiger partial charge in [-0.15, -0.1) is 0 Å². The lowest BCUT2D eigenvalue weighted by Crippen LogP contribution is -1.83. The highest BCUT2D eigenvalue weighted by atomic mass is 14.7. The number of allylic oxidation sites excluding steroid dienone is 3. The lowest BCUT2D eigenvalue weighted by molar-refractivity contribution is 1.15. The van der Waals surface area contributed by atoms with Gasteiger partial charge in [0.1, 0.15) is 0 Å². The first-order valence-corrected chi connectivity index (χ1v) is 5.54. The van der Waals surface area contributed by atoms with Gasteiger partial charge in [-0.2, -0.15) is 0 Å². The van der Waals surface area contributed by atoms with Crippen LogP contribution in [0.4, 0.5) is 0 Å². The molecule has 1 aromatic carbocycles. The molecule has 1 aliphatic rings. The zero-order chi connectivity index (χ0) is 10.8. The van der Waals surface area contributed by atoms with E-state index in [1.165, 1.54) is 22.5 Å². The first-order chi connectivity index (χ1) is 7.93. The Hall–Kier alpha value is -2.02. The highest BCUT2D eigenvalue weighted by Crippen LogP contribution is 2.24. The van der Waals surface area contributed by atoms with Crippen molar-refractivity contribution >= 4 is 6.08 Å². The highest BCUT2D eigenvalue weighted by molar-refractivity contribution is 5.67. The third-order valence-corrected chi connectivity index (χ3v) is 2.86. The van der Waals surface area contributed by atoms with Gasteiger partial charge in [0.15, 0.2) is 0 Å². The lowest BCUT2D eigenvalue weighted by Gasteiger charge is -1.96. The zero-order valence-corrected chi connectivity index (χ0v) is 8.98. The lowest BCUT2D eigenvalue weighted by atomic mass is 10.1. The van der Waals surface area contributed by atoms with Crippen LogP contribution < -0.4 is 0 Å². The van der Waals surface area contributed by atoms with Crippen molar-refractivity contribution in [3.05, 3.63) is 65.9 Å². The molecule has 0 saturated heterocycles. The minimum atomic E-state index is 0.981. The van der Waals surface area contributed by atoms with Crippen molar-refractivity contribution in [3.63, 3.8) is 0 Å². The van der Waals surface area contributed by atoms with Crippen LogP contribution in [0.2, 0.25) is 0 Å². The SMILES string of the molecule is C1=CCc2[nH]c(-c3ccccc3)cc2C=C1. The molecular weight excluding hydrogens is 194 g/mol. The predicted molar refractivity (Wildman–Crippen MR) is 68.1 cm³/mol. The van der Waals surface area contributed by atoms with Crippen molar-refractivity contribution < 1.29 is 0 Å². The van der Waals surface area contributed by atoms with E-state index in [0.717, 1.165) is 6.42 Å². The van der Waals surface area contributed by atoms with Crippen molar-refractivity contribution in [2.45, 2.75) is 6.42 Å². The number of aromatic amines is 1. The second-order valence-electron chi connectivity index (χ2n) is 3.97. The maximum atomic E-state index is 3.49. The van der Waals surface area contributed by atoms with Gasteiger partial charge in [0, 0.05) is 17.8 Å². The second-order valence-corrected chi connectivity index (χ2v) is 3.97. The number of rotatable bonds is 1. The standard InChI is InChI=1S/C15H13N/c1-3-7-12(8-4-1)15-11-13-9-5-2-6-10-14(13)16-15/h1-9,11,16H,10H2. The van der Waals surface area contributed by atoms with E-state index in [9.17, 15) is 0 Å². The van der Waals surface area contributed by atoms with E-state index in [0.29, 0.717) is 0 Å². The minimum absolute atomic E-state index is 0.981. The largest absolute Gasteiger partial charge is 0.358 e. The summed E-state index contributed by atoms with van der Waals surface area (Å²) in [5.41, 5.74) is 5.03. The summed E-state index contributed by atoms with van der Waals surface area (Å²) in [5, 5.41) is 0. The topological polar surface area (TPSA) is 15.8 Å². The van der Waals surface area contributed by atoms with Gasteiger partial charge in [-0.1, -0.05) is 54.6 Å². The number of aromatic nitrogens is 1. The van der Waals surface area contributed by atoms with E-state index in [2.05, 4.69) is 59.6 Å². The molecule has 78 valence electrons. The molecule has 0 aliphatic heterocycles. The van der Waals surface area contributed by atoms with Crippen molar-refractivity contribution in [1.82, 2.24) is 4.98 Å². The first kappa shape index (κ1) is 9.22.